The Labute approximate surface area is 163 Å². The molecule has 0 spiro atoms. The molecular weight excluding hydrogens is 367 g/mol. The van der Waals surface area contributed by atoms with Gasteiger partial charge in [0.15, 0.2) is 0 Å². The molecule has 0 bridgehead atoms. The Morgan fingerprint density at radius 3 is 2.89 bits per heavy atom. The number of amides is 1. The molecule has 144 valence electrons. The standard InChI is InChI=1S/C20H24ClFN4O/c1-25-12-23-8-18(25)16-11-26(9-14-3-2-4-17(21)19(14)22)10-15(16)7-24-20(27)13-5-6-13/h2-4,8,12-13,15-16H,5-7,9-11H2,1H3,(H,24,27)/t15-,16-/m1/s1. The van der Waals surface area contributed by atoms with Crippen molar-refractivity contribution in [3.63, 3.8) is 0 Å². The third-order valence-electron chi connectivity index (χ3n) is 5.66. The summed E-state index contributed by atoms with van der Waals surface area (Å²) in [6, 6.07) is 5.13. The largest absolute Gasteiger partial charge is 0.356 e. The minimum absolute atomic E-state index is 0.156. The molecule has 4 rings (SSSR count). The molecule has 0 radical (unpaired) electrons. The molecule has 1 amide bonds. The van der Waals surface area contributed by atoms with Crippen LogP contribution in [0.4, 0.5) is 4.39 Å². The van der Waals surface area contributed by atoms with Gasteiger partial charge in [0.25, 0.3) is 0 Å². The second kappa shape index (κ2) is 7.60. The van der Waals surface area contributed by atoms with E-state index in [1.807, 2.05) is 17.8 Å². The van der Waals surface area contributed by atoms with Crippen LogP contribution in [0.2, 0.25) is 5.02 Å². The lowest BCUT2D eigenvalue weighted by atomic mass is 9.93. The van der Waals surface area contributed by atoms with E-state index in [0.717, 1.165) is 31.6 Å². The van der Waals surface area contributed by atoms with E-state index in [1.54, 1.807) is 24.5 Å². The van der Waals surface area contributed by atoms with Crippen LogP contribution in [0.1, 0.15) is 30.0 Å². The molecule has 1 aliphatic heterocycles. The van der Waals surface area contributed by atoms with E-state index < -0.39 is 0 Å². The number of hydrogen-bond acceptors (Lipinski definition) is 3. The summed E-state index contributed by atoms with van der Waals surface area (Å²) in [6.07, 6.45) is 5.70. The molecule has 7 heteroatoms. The van der Waals surface area contributed by atoms with Gasteiger partial charge in [0.1, 0.15) is 5.82 Å². The normalized spacial score (nSPS) is 22.9. The first kappa shape index (κ1) is 18.4. The van der Waals surface area contributed by atoms with Gasteiger partial charge in [-0.25, -0.2) is 9.37 Å². The number of carbonyl (C=O) groups excluding carboxylic acids is 1. The van der Waals surface area contributed by atoms with Gasteiger partial charge >= 0.3 is 0 Å². The van der Waals surface area contributed by atoms with Gasteiger partial charge in [-0.1, -0.05) is 23.7 Å². The Morgan fingerprint density at radius 2 is 2.19 bits per heavy atom. The van der Waals surface area contributed by atoms with Crippen LogP contribution < -0.4 is 5.32 Å². The fraction of sp³-hybridized carbons (Fsp3) is 0.500. The highest BCUT2D eigenvalue weighted by Gasteiger charge is 2.37. The quantitative estimate of drug-likeness (QED) is 0.825. The summed E-state index contributed by atoms with van der Waals surface area (Å²) in [5.41, 5.74) is 1.75. The van der Waals surface area contributed by atoms with Crippen molar-refractivity contribution < 1.29 is 9.18 Å². The van der Waals surface area contributed by atoms with Crippen molar-refractivity contribution in [2.24, 2.45) is 18.9 Å². The highest BCUT2D eigenvalue weighted by Crippen LogP contribution is 2.34. The molecule has 2 heterocycles. The highest BCUT2D eigenvalue weighted by atomic mass is 35.5. The average Bonchev–Trinajstić information content (AvgIpc) is 3.30. The van der Waals surface area contributed by atoms with Crippen LogP contribution >= 0.6 is 11.6 Å². The van der Waals surface area contributed by atoms with Gasteiger partial charge in [-0.15, -0.1) is 0 Å². The lowest BCUT2D eigenvalue weighted by molar-refractivity contribution is -0.122. The minimum atomic E-state index is -0.346. The van der Waals surface area contributed by atoms with Crippen LogP contribution in [-0.4, -0.2) is 40.0 Å². The third kappa shape index (κ3) is 4.01. The number of halogens is 2. The Morgan fingerprint density at radius 1 is 1.37 bits per heavy atom. The number of imidazole rings is 1. The van der Waals surface area contributed by atoms with Crippen molar-refractivity contribution in [1.82, 2.24) is 19.8 Å². The Balaban J connectivity index is 1.48. The molecule has 5 nitrogen and oxygen atoms in total. The first-order chi connectivity index (χ1) is 13.0. The number of nitrogens with zero attached hydrogens (tertiary/aromatic N) is 3. The maximum Gasteiger partial charge on any atom is 0.223 e. The molecule has 2 fully saturated rings. The number of nitrogens with one attached hydrogen (secondary N) is 1. The Kier molecular flexibility index (Phi) is 5.19. The van der Waals surface area contributed by atoms with E-state index in [-0.39, 0.29) is 34.5 Å². The van der Waals surface area contributed by atoms with Crippen molar-refractivity contribution in [1.29, 1.82) is 0 Å². The lowest BCUT2D eigenvalue weighted by Crippen LogP contribution is -2.33. The van der Waals surface area contributed by atoms with Crippen molar-refractivity contribution in [2.45, 2.75) is 25.3 Å². The van der Waals surface area contributed by atoms with Gasteiger partial charge in [-0.05, 0) is 24.8 Å². The Bertz CT molecular complexity index is 835. The van der Waals surface area contributed by atoms with E-state index in [0.29, 0.717) is 18.7 Å². The van der Waals surface area contributed by atoms with Crippen LogP contribution in [0.3, 0.4) is 0 Å². The fourth-order valence-electron chi connectivity index (χ4n) is 3.99. The number of aryl methyl sites for hydroxylation is 1. The van der Waals surface area contributed by atoms with Gasteiger partial charge in [0, 0.05) is 62.5 Å². The molecule has 2 aromatic rings. The molecule has 1 aromatic carbocycles. The van der Waals surface area contributed by atoms with Crippen molar-refractivity contribution >= 4 is 17.5 Å². The van der Waals surface area contributed by atoms with Crippen LogP contribution in [-0.2, 0) is 18.4 Å². The Hall–Kier alpha value is -1.92. The van der Waals surface area contributed by atoms with Gasteiger partial charge < -0.3 is 9.88 Å². The second-order valence-electron chi connectivity index (χ2n) is 7.72. The first-order valence-corrected chi connectivity index (χ1v) is 9.80. The summed E-state index contributed by atoms with van der Waals surface area (Å²) in [5, 5.41) is 3.27. The van der Waals surface area contributed by atoms with Crippen molar-refractivity contribution in [3.05, 3.63) is 52.8 Å². The summed E-state index contributed by atoms with van der Waals surface area (Å²) in [6.45, 7) is 2.75. The summed E-state index contributed by atoms with van der Waals surface area (Å²) in [4.78, 5) is 18.6. The summed E-state index contributed by atoms with van der Waals surface area (Å²) < 4.78 is 16.3. The topological polar surface area (TPSA) is 50.2 Å². The number of aromatic nitrogens is 2. The molecule has 2 aliphatic rings. The van der Waals surface area contributed by atoms with E-state index in [2.05, 4.69) is 15.2 Å². The van der Waals surface area contributed by atoms with Gasteiger partial charge in [0.05, 0.1) is 11.3 Å². The number of rotatable bonds is 6. The zero-order chi connectivity index (χ0) is 19.0. The summed E-state index contributed by atoms with van der Waals surface area (Å²) in [5.74, 6) is 0.544. The molecule has 1 aliphatic carbocycles. The maximum atomic E-state index is 14.3. The fourth-order valence-corrected chi connectivity index (χ4v) is 4.18. The molecule has 1 saturated heterocycles. The zero-order valence-corrected chi connectivity index (χ0v) is 16.1. The first-order valence-electron chi connectivity index (χ1n) is 9.42. The van der Waals surface area contributed by atoms with E-state index >= 15 is 0 Å². The molecule has 27 heavy (non-hydrogen) atoms. The van der Waals surface area contributed by atoms with Crippen LogP contribution in [0.15, 0.2) is 30.7 Å². The van der Waals surface area contributed by atoms with Crippen LogP contribution in [0.5, 0.6) is 0 Å². The zero-order valence-electron chi connectivity index (χ0n) is 15.4. The average molecular weight is 391 g/mol. The SMILES string of the molecule is Cn1cncc1[C@@H]1CN(Cc2cccc(Cl)c2F)C[C@H]1CNC(=O)C1CC1. The number of benzene rings is 1. The number of hydrogen-bond donors (Lipinski definition) is 1. The van der Waals surface area contributed by atoms with E-state index in [4.69, 9.17) is 11.6 Å². The van der Waals surface area contributed by atoms with Crippen molar-refractivity contribution in [2.75, 3.05) is 19.6 Å². The van der Waals surface area contributed by atoms with Crippen LogP contribution in [0, 0.1) is 17.7 Å². The van der Waals surface area contributed by atoms with E-state index in [9.17, 15) is 9.18 Å². The third-order valence-corrected chi connectivity index (χ3v) is 5.95. The minimum Gasteiger partial charge on any atom is -0.356 e. The van der Waals surface area contributed by atoms with Crippen molar-refractivity contribution in [3.8, 4) is 0 Å². The molecule has 1 saturated carbocycles. The smallest absolute Gasteiger partial charge is 0.223 e. The molecule has 1 N–H and O–H groups in total. The van der Waals surface area contributed by atoms with E-state index in [1.165, 1.54) is 0 Å². The number of carbonyl (C=O) groups is 1. The highest BCUT2D eigenvalue weighted by molar-refractivity contribution is 6.30. The summed E-state index contributed by atoms with van der Waals surface area (Å²) >= 11 is 5.93. The molecule has 0 unspecified atom stereocenters. The second-order valence-corrected chi connectivity index (χ2v) is 8.13. The van der Waals surface area contributed by atoms with Crippen LogP contribution in [0.25, 0.3) is 0 Å². The van der Waals surface area contributed by atoms with Gasteiger partial charge in [-0.2, -0.15) is 0 Å². The van der Waals surface area contributed by atoms with Gasteiger partial charge in [-0.3, -0.25) is 9.69 Å². The van der Waals surface area contributed by atoms with Gasteiger partial charge in [0.2, 0.25) is 5.91 Å². The molecule has 1 aromatic heterocycles. The predicted molar refractivity (Wildman–Crippen MR) is 102 cm³/mol. The monoisotopic (exact) mass is 390 g/mol. The summed E-state index contributed by atoms with van der Waals surface area (Å²) in [7, 11) is 1.99. The molecule has 2 atom stereocenters. The predicted octanol–water partition coefficient (Wildman–Crippen LogP) is 2.95. The maximum absolute atomic E-state index is 14.3. The number of likely N-dealkylation sites (tertiary alicyclic amines) is 1. The molecular formula is C20H24ClFN4O. The lowest BCUT2D eigenvalue weighted by Gasteiger charge is -2.19.